The van der Waals surface area contributed by atoms with E-state index in [0.717, 1.165) is 32.5 Å². The predicted octanol–water partition coefficient (Wildman–Crippen LogP) is 3.23. The number of benzene rings is 1. The lowest BCUT2D eigenvalue weighted by Gasteiger charge is -2.18. The molecule has 1 N–H and O–H groups in total. The van der Waals surface area contributed by atoms with Gasteiger partial charge >= 0.3 is 0 Å². The summed E-state index contributed by atoms with van der Waals surface area (Å²) in [6, 6.07) is 10.7. The van der Waals surface area contributed by atoms with E-state index in [1.807, 2.05) is 6.26 Å². The van der Waals surface area contributed by atoms with Crippen LogP contribution in [0.25, 0.3) is 0 Å². The molecule has 0 spiro atoms. The molecule has 1 atom stereocenters. The number of hydrogen-bond donors (Lipinski definition) is 1. The fourth-order valence-electron chi connectivity index (χ4n) is 2.59. The first-order valence-corrected chi connectivity index (χ1v) is 7.55. The van der Waals surface area contributed by atoms with Crippen molar-refractivity contribution in [1.82, 2.24) is 5.32 Å². The Morgan fingerprint density at radius 3 is 2.76 bits per heavy atom. The molecule has 0 aliphatic heterocycles. The summed E-state index contributed by atoms with van der Waals surface area (Å²) >= 11 is 0. The van der Waals surface area contributed by atoms with Crippen molar-refractivity contribution in [2.24, 2.45) is 5.92 Å². The Morgan fingerprint density at radius 1 is 1.19 bits per heavy atom. The van der Waals surface area contributed by atoms with Gasteiger partial charge in [-0.15, -0.1) is 0 Å². The lowest BCUT2D eigenvalue weighted by atomic mass is 9.91. The van der Waals surface area contributed by atoms with Crippen molar-refractivity contribution in [3.8, 4) is 0 Å². The third-order valence-corrected chi connectivity index (χ3v) is 3.79. The van der Waals surface area contributed by atoms with Crippen molar-refractivity contribution < 1.29 is 9.15 Å². The molecular weight excluding hydrogens is 262 g/mol. The first-order chi connectivity index (χ1) is 10.3. The SMILES string of the molecule is COCCNCC(Cc1ccoc1)Cc1ccccc1C. The van der Waals surface area contributed by atoms with Gasteiger partial charge in [0.2, 0.25) is 0 Å². The molecule has 0 fully saturated rings. The molecule has 0 saturated carbocycles. The van der Waals surface area contributed by atoms with Gasteiger partial charge in [0.25, 0.3) is 0 Å². The van der Waals surface area contributed by atoms with Crippen LogP contribution >= 0.6 is 0 Å². The zero-order valence-corrected chi connectivity index (χ0v) is 13.0. The summed E-state index contributed by atoms with van der Waals surface area (Å²) in [5.74, 6) is 0.556. The van der Waals surface area contributed by atoms with Gasteiger partial charge in [-0.25, -0.2) is 0 Å². The molecule has 3 heteroatoms. The summed E-state index contributed by atoms with van der Waals surface area (Å²) in [4.78, 5) is 0. The van der Waals surface area contributed by atoms with Crippen molar-refractivity contribution in [3.05, 3.63) is 59.5 Å². The number of methoxy groups -OCH3 is 1. The van der Waals surface area contributed by atoms with Gasteiger partial charge in [0.1, 0.15) is 0 Å². The summed E-state index contributed by atoms with van der Waals surface area (Å²) in [5.41, 5.74) is 4.06. The fourth-order valence-corrected chi connectivity index (χ4v) is 2.59. The van der Waals surface area contributed by atoms with Gasteiger partial charge in [0, 0.05) is 13.7 Å². The van der Waals surface area contributed by atoms with Crippen LogP contribution in [0.4, 0.5) is 0 Å². The normalized spacial score (nSPS) is 12.5. The minimum atomic E-state index is 0.556. The second-order valence-corrected chi connectivity index (χ2v) is 5.53. The molecule has 0 bridgehead atoms. The average molecular weight is 287 g/mol. The van der Waals surface area contributed by atoms with Crippen molar-refractivity contribution in [2.45, 2.75) is 19.8 Å². The number of aryl methyl sites for hydroxylation is 1. The number of ether oxygens (including phenoxy) is 1. The molecule has 1 aromatic heterocycles. The third-order valence-electron chi connectivity index (χ3n) is 3.79. The van der Waals surface area contributed by atoms with Crippen molar-refractivity contribution >= 4 is 0 Å². The maximum absolute atomic E-state index is 5.19. The molecule has 1 heterocycles. The number of hydrogen-bond acceptors (Lipinski definition) is 3. The van der Waals surface area contributed by atoms with Crippen LogP contribution in [0.15, 0.2) is 47.3 Å². The quantitative estimate of drug-likeness (QED) is 0.719. The van der Waals surface area contributed by atoms with Crippen LogP contribution in [0.2, 0.25) is 0 Å². The van der Waals surface area contributed by atoms with Crippen molar-refractivity contribution in [3.63, 3.8) is 0 Å². The van der Waals surface area contributed by atoms with Crippen LogP contribution in [-0.4, -0.2) is 26.8 Å². The van der Waals surface area contributed by atoms with E-state index in [-0.39, 0.29) is 0 Å². The summed E-state index contributed by atoms with van der Waals surface area (Å²) in [7, 11) is 1.73. The Balaban J connectivity index is 1.95. The van der Waals surface area contributed by atoms with Crippen molar-refractivity contribution in [2.75, 3.05) is 26.8 Å². The minimum Gasteiger partial charge on any atom is -0.472 e. The Hall–Kier alpha value is -1.58. The first-order valence-electron chi connectivity index (χ1n) is 7.55. The molecule has 0 aliphatic carbocycles. The smallest absolute Gasteiger partial charge is 0.0934 e. The maximum atomic E-state index is 5.19. The van der Waals surface area contributed by atoms with E-state index in [9.17, 15) is 0 Å². The molecular formula is C18H25NO2. The molecule has 3 nitrogen and oxygen atoms in total. The van der Waals surface area contributed by atoms with Crippen LogP contribution in [0.5, 0.6) is 0 Å². The Morgan fingerprint density at radius 2 is 2.05 bits per heavy atom. The van der Waals surface area contributed by atoms with E-state index in [2.05, 4.69) is 42.6 Å². The van der Waals surface area contributed by atoms with Crippen LogP contribution in [0, 0.1) is 12.8 Å². The molecule has 1 unspecified atom stereocenters. The standard InChI is InChI=1S/C18H25NO2/c1-15-5-3-4-6-18(15)12-17(13-19-8-10-20-2)11-16-7-9-21-14-16/h3-7,9,14,17,19H,8,10-13H2,1-2H3. The van der Waals surface area contributed by atoms with Gasteiger partial charge in [-0.1, -0.05) is 24.3 Å². The molecule has 0 aliphatic rings. The Labute approximate surface area is 127 Å². The maximum Gasteiger partial charge on any atom is 0.0934 e. The predicted molar refractivity (Wildman–Crippen MR) is 85.5 cm³/mol. The van der Waals surface area contributed by atoms with E-state index < -0.39 is 0 Å². The second-order valence-electron chi connectivity index (χ2n) is 5.53. The third kappa shape index (κ3) is 5.37. The number of furan rings is 1. The van der Waals surface area contributed by atoms with E-state index in [1.165, 1.54) is 16.7 Å². The molecule has 0 saturated heterocycles. The molecule has 2 aromatic rings. The van der Waals surface area contributed by atoms with E-state index in [4.69, 9.17) is 9.15 Å². The largest absolute Gasteiger partial charge is 0.472 e. The summed E-state index contributed by atoms with van der Waals surface area (Å²) < 4.78 is 10.3. The van der Waals surface area contributed by atoms with Gasteiger partial charge in [0.05, 0.1) is 19.1 Å². The molecule has 0 radical (unpaired) electrons. The van der Waals surface area contributed by atoms with Gasteiger partial charge in [-0.05, 0) is 55.0 Å². The topological polar surface area (TPSA) is 34.4 Å². The summed E-state index contributed by atoms with van der Waals surface area (Å²) in [6.45, 7) is 4.82. The Kier molecular flexibility index (Phi) is 6.51. The van der Waals surface area contributed by atoms with E-state index in [0.29, 0.717) is 5.92 Å². The lowest BCUT2D eigenvalue weighted by molar-refractivity contribution is 0.197. The van der Waals surface area contributed by atoms with Crippen LogP contribution < -0.4 is 5.32 Å². The average Bonchev–Trinajstić information content (AvgIpc) is 2.99. The molecule has 114 valence electrons. The monoisotopic (exact) mass is 287 g/mol. The molecule has 2 rings (SSSR count). The van der Waals surface area contributed by atoms with Crippen LogP contribution in [0.1, 0.15) is 16.7 Å². The number of rotatable bonds is 9. The van der Waals surface area contributed by atoms with Gasteiger partial charge in [-0.2, -0.15) is 0 Å². The fraction of sp³-hybridized carbons (Fsp3) is 0.444. The van der Waals surface area contributed by atoms with E-state index >= 15 is 0 Å². The molecule has 21 heavy (non-hydrogen) atoms. The summed E-state index contributed by atoms with van der Waals surface area (Å²) in [6.07, 6.45) is 5.71. The second kappa shape index (κ2) is 8.65. The van der Waals surface area contributed by atoms with Crippen LogP contribution in [0.3, 0.4) is 0 Å². The zero-order valence-electron chi connectivity index (χ0n) is 13.0. The highest BCUT2D eigenvalue weighted by atomic mass is 16.5. The van der Waals surface area contributed by atoms with Gasteiger partial charge in [-0.3, -0.25) is 0 Å². The zero-order chi connectivity index (χ0) is 14.9. The highest BCUT2D eigenvalue weighted by Crippen LogP contribution is 2.17. The van der Waals surface area contributed by atoms with Crippen molar-refractivity contribution in [1.29, 1.82) is 0 Å². The van der Waals surface area contributed by atoms with Crippen LogP contribution in [-0.2, 0) is 17.6 Å². The summed E-state index contributed by atoms with van der Waals surface area (Å²) in [5, 5.41) is 3.48. The minimum absolute atomic E-state index is 0.556. The Bertz CT molecular complexity index is 508. The van der Waals surface area contributed by atoms with Gasteiger partial charge < -0.3 is 14.5 Å². The first kappa shape index (κ1) is 15.8. The highest BCUT2D eigenvalue weighted by molar-refractivity contribution is 5.26. The molecule has 0 amide bonds. The van der Waals surface area contributed by atoms with Gasteiger partial charge in [0.15, 0.2) is 0 Å². The lowest BCUT2D eigenvalue weighted by Crippen LogP contribution is -2.28. The highest BCUT2D eigenvalue weighted by Gasteiger charge is 2.12. The van der Waals surface area contributed by atoms with E-state index in [1.54, 1.807) is 13.4 Å². The number of nitrogens with one attached hydrogen (secondary N) is 1. The molecule has 1 aromatic carbocycles.